The Labute approximate surface area is 131 Å². The lowest BCUT2D eigenvalue weighted by atomic mass is 9.79. The molecule has 2 rings (SSSR count). The Morgan fingerprint density at radius 1 is 1.19 bits per heavy atom. The predicted octanol–water partition coefficient (Wildman–Crippen LogP) is 5.30. The van der Waals surface area contributed by atoms with E-state index in [4.69, 9.17) is 0 Å². The van der Waals surface area contributed by atoms with Gasteiger partial charge in [0.1, 0.15) is 0 Å². The molecule has 1 aliphatic rings. The quantitative estimate of drug-likeness (QED) is 0.684. The van der Waals surface area contributed by atoms with E-state index in [9.17, 15) is 0 Å². The van der Waals surface area contributed by atoms with E-state index in [1.165, 1.54) is 44.9 Å². The fourth-order valence-electron chi connectivity index (χ4n) is 3.63. The van der Waals surface area contributed by atoms with Gasteiger partial charge < -0.3 is 5.32 Å². The zero-order valence-electron chi connectivity index (χ0n) is 14.2. The van der Waals surface area contributed by atoms with Gasteiger partial charge in [-0.25, -0.2) is 0 Å². The third-order valence-corrected chi connectivity index (χ3v) is 4.84. The molecule has 1 nitrogen and oxygen atoms in total. The molecule has 1 aromatic carbocycles. The van der Waals surface area contributed by atoms with Gasteiger partial charge in [0.15, 0.2) is 0 Å². The van der Waals surface area contributed by atoms with Crippen molar-refractivity contribution < 1.29 is 0 Å². The highest BCUT2D eigenvalue weighted by Gasteiger charge is 2.23. The highest BCUT2D eigenvalue weighted by Crippen LogP contribution is 2.35. The van der Waals surface area contributed by atoms with Crippen molar-refractivity contribution in [3.8, 4) is 0 Å². The number of nitrogens with one attached hydrogen (secondary N) is 1. The molecule has 118 valence electrons. The molecule has 0 saturated heterocycles. The molecule has 2 atom stereocenters. The molecular weight excluding hydrogens is 254 g/mol. The van der Waals surface area contributed by atoms with Crippen molar-refractivity contribution >= 4 is 0 Å². The minimum absolute atomic E-state index is 0.698. The molecular formula is C20H33N. The first kappa shape index (κ1) is 16.5. The molecule has 21 heavy (non-hydrogen) atoms. The first-order valence-corrected chi connectivity index (χ1v) is 9.01. The minimum Gasteiger partial charge on any atom is -0.314 e. The van der Waals surface area contributed by atoms with Crippen molar-refractivity contribution in [1.82, 2.24) is 5.32 Å². The maximum Gasteiger partial charge on any atom is 0.00729 e. The second-order valence-electron chi connectivity index (χ2n) is 7.15. The Hall–Kier alpha value is -0.820. The van der Waals surface area contributed by atoms with Crippen molar-refractivity contribution in [1.29, 1.82) is 0 Å². The van der Waals surface area contributed by atoms with Crippen molar-refractivity contribution in [2.45, 2.75) is 77.7 Å². The van der Waals surface area contributed by atoms with E-state index in [-0.39, 0.29) is 0 Å². The average molecular weight is 287 g/mol. The van der Waals surface area contributed by atoms with Crippen LogP contribution in [-0.2, 0) is 6.42 Å². The van der Waals surface area contributed by atoms with E-state index >= 15 is 0 Å². The highest BCUT2D eigenvalue weighted by molar-refractivity contribution is 5.32. The maximum atomic E-state index is 3.80. The molecule has 1 aromatic rings. The summed E-state index contributed by atoms with van der Waals surface area (Å²) in [7, 11) is 0. The standard InChI is InChI=1S/C20H33N/c1-4-14-21-19(13-12-16(2)3)15-18-10-7-9-17-8-5-6-11-20(17)18/h5-6,8,11,16,18-19,21H,4,7,9-10,12-15H2,1-3H3. The fourth-order valence-corrected chi connectivity index (χ4v) is 3.63. The molecule has 0 aromatic heterocycles. The molecule has 0 fully saturated rings. The molecule has 2 unspecified atom stereocenters. The Bertz CT molecular complexity index is 410. The van der Waals surface area contributed by atoms with Crippen LogP contribution in [-0.4, -0.2) is 12.6 Å². The van der Waals surface area contributed by atoms with Crippen LogP contribution in [0.25, 0.3) is 0 Å². The van der Waals surface area contributed by atoms with Crippen LogP contribution in [0.4, 0.5) is 0 Å². The highest BCUT2D eigenvalue weighted by atomic mass is 14.9. The number of hydrogen-bond donors (Lipinski definition) is 1. The van der Waals surface area contributed by atoms with E-state index in [2.05, 4.69) is 50.4 Å². The van der Waals surface area contributed by atoms with Gasteiger partial charge in [-0.1, -0.05) is 45.0 Å². The molecule has 0 aliphatic heterocycles. The van der Waals surface area contributed by atoms with Gasteiger partial charge in [-0.2, -0.15) is 0 Å². The zero-order chi connectivity index (χ0) is 15.1. The van der Waals surface area contributed by atoms with Gasteiger partial charge in [-0.3, -0.25) is 0 Å². The number of rotatable bonds is 8. The summed E-state index contributed by atoms with van der Waals surface area (Å²) in [4.78, 5) is 0. The molecule has 1 heteroatoms. The topological polar surface area (TPSA) is 12.0 Å². The first-order chi connectivity index (χ1) is 10.2. The minimum atomic E-state index is 0.698. The van der Waals surface area contributed by atoms with E-state index in [1.807, 2.05) is 0 Å². The number of aryl methyl sites for hydroxylation is 1. The molecule has 0 heterocycles. The lowest BCUT2D eigenvalue weighted by molar-refractivity contribution is 0.369. The summed E-state index contributed by atoms with van der Waals surface area (Å²) in [5.41, 5.74) is 3.24. The summed E-state index contributed by atoms with van der Waals surface area (Å²) in [6, 6.07) is 9.83. The third-order valence-electron chi connectivity index (χ3n) is 4.84. The smallest absolute Gasteiger partial charge is 0.00729 e. The van der Waals surface area contributed by atoms with Crippen LogP contribution < -0.4 is 5.32 Å². The molecule has 0 bridgehead atoms. The Morgan fingerprint density at radius 2 is 2.00 bits per heavy atom. The van der Waals surface area contributed by atoms with Gasteiger partial charge >= 0.3 is 0 Å². The maximum absolute atomic E-state index is 3.80. The number of hydrogen-bond acceptors (Lipinski definition) is 1. The zero-order valence-corrected chi connectivity index (χ0v) is 14.2. The summed E-state index contributed by atoms with van der Waals surface area (Å²) in [5.74, 6) is 1.59. The summed E-state index contributed by atoms with van der Waals surface area (Å²) >= 11 is 0. The van der Waals surface area contributed by atoms with Crippen LogP contribution in [0.15, 0.2) is 24.3 Å². The van der Waals surface area contributed by atoms with Gasteiger partial charge in [-0.05, 0) is 74.5 Å². The van der Waals surface area contributed by atoms with Gasteiger partial charge in [0.2, 0.25) is 0 Å². The van der Waals surface area contributed by atoms with Crippen LogP contribution >= 0.6 is 0 Å². The molecule has 0 amide bonds. The van der Waals surface area contributed by atoms with E-state index in [0.717, 1.165) is 18.4 Å². The van der Waals surface area contributed by atoms with Gasteiger partial charge in [0.05, 0.1) is 0 Å². The predicted molar refractivity (Wildman–Crippen MR) is 92.9 cm³/mol. The number of benzene rings is 1. The summed E-state index contributed by atoms with van der Waals surface area (Å²) < 4.78 is 0. The molecule has 1 aliphatic carbocycles. The van der Waals surface area contributed by atoms with Crippen molar-refractivity contribution in [2.24, 2.45) is 5.92 Å². The molecule has 1 N–H and O–H groups in total. The number of fused-ring (bicyclic) bond motifs is 1. The van der Waals surface area contributed by atoms with Crippen LogP contribution in [0.2, 0.25) is 0 Å². The summed E-state index contributed by atoms with van der Waals surface area (Å²) in [6.07, 6.45) is 9.26. The van der Waals surface area contributed by atoms with E-state index in [1.54, 1.807) is 11.1 Å². The van der Waals surface area contributed by atoms with E-state index < -0.39 is 0 Å². The Balaban J connectivity index is 1.99. The monoisotopic (exact) mass is 287 g/mol. The molecule has 0 spiro atoms. The van der Waals surface area contributed by atoms with Crippen molar-refractivity contribution in [3.63, 3.8) is 0 Å². The second kappa shape index (κ2) is 8.58. The Morgan fingerprint density at radius 3 is 2.76 bits per heavy atom. The van der Waals surface area contributed by atoms with Gasteiger partial charge in [-0.15, -0.1) is 0 Å². The average Bonchev–Trinajstić information content (AvgIpc) is 2.50. The van der Waals surface area contributed by atoms with Crippen LogP contribution in [0.3, 0.4) is 0 Å². The van der Waals surface area contributed by atoms with Gasteiger partial charge in [0, 0.05) is 6.04 Å². The van der Waals surface area contributed by atoms with Gasteiger partial charge in [0.25, 0.3) is 0 Å². The Kier molecular flexibility index (Phi) is 6.76. The van der Waals surface area contributed by atoms with Crippen LogP contribution in [0.1, 0.15) is 76.3 Å². The largest absolute Gasteiger partial charge is 0.314 e. The first-order valence-electron chi connectivity index (χ1n) is 9.01. The lowest BCUT2D eigenvalue weighted by Gasteiger charge is -2.30. The normalized spacial score (nSPS) is 19.5. The second-order valence-corrected chi connectivity index (χ2v) is 7.15. The fraction of sp³-hybridized carbons (Fsp3) is 0.700. The van der Waals surface area contributed by atoms with Crippen LogP contribution in [0, 0.1) is 5.92 Å². The summed E-state index contributed by atoms with van der Waals surface area (Å²) in [5, 5.41) is 3.80. The van der Waals surface area contributed by atoms with Crippen LogP contribution in [0.5, 0.6) is 0 Å². The SMILES string of the molecule is CCCNC(CCC(C)C)CC1CCCc2ccccc21. The summed E-state index contributed by atoms with van der Waals surface area (Å²) in [6.45, 7) is 8.11. The third kappa shape index (κ3) is 5.14. The van der Waals surface area contributed by atoms with E-state index in [0.29, 0.717) is 6.04 Å². The van der Waals surface area contributed by atoms with Crippen molar-refractivity contribution in [3.05, 3.63) is 35.4 Å². The lowest BCUT2D eigenvalue weighted by Crippen LogP contribution is -2.32. The molecule has 0 saturated carbocycles. The van der Waals surface area contributed by atoms with Crippen molar-refractivity contribution in [2.75, 3.05) is 6.54 Å². The molecule has 0 radical (unpaired) electrons.